The number of hydrogen-bond donors (Lipinski definition) is 1. The van der Waals surface area contributed by atoms with Gasteiger partial charge >= 0.3 is 0 Å². The smallest absolute Gasteiger partial charge is 0.132 e. The highest BCUT2D eigenvalue weighted by Gasteiger charge is 2.07. The van der Waals surface area contributed by atoms with Gasteiger partial charge in [-0.25, -0.2) is 9.97 Å². The van der Waals surface area contributed by atoms with E-state index in [0.29, 0.717) is 6.61 Å². The van der Waals surface area contributed by atoms with Gasteiger partial charge in [0.05, 0.1) is 6.54 Å². The molecule has 4 nitrogen and oxygen atoms in total. The summed E-state index contributed by atoms with van der Waals surface area (Å²) in [7, 11) is 0. The fraction of sp³-hybridized carbons (Fsp3) is 0.412. The Morgan fingerprint density at radius 1 is 1.10 bits per heavy atom. The van der Waals surface area contributed by atoms with Crippen molar-refractivity contribution in [2.75, 3.05) is 18.5 Å². The first kappa shape index (κ1) is 15.3. The van der Waals surface area contributed by atoms with Crippen LogP contribution in [0, 0.1) is 6.92 Å². The van der Waals surface area contributed by atoms with Gasteiger partial charge in [0.15, 0.2) is 0 Å². The molecule has 1 N–H and O–H groups in total. The van der Waals surface area contributed by atoms with Crippen molar-refractivity contribution in [1.82, 2.24) is 9.97 Å². The molecular formula is C17H23N3O. The average Bonchev–Trinajstić information content (AvgIpc) is 2.52. The van der Waals surface area contributed by atoms with Crippen molar-refractivity contribution in [1.29, 1.82) is 0 Å². The number of rotatable bonds is 7. The van der Waals surface area contributed by atoms with Crippen molar-refractivity contribution in [3.8, 4) is 5.75 Å². The maximum absolute atomic E-state index is 5.78. The van der Waals surface area contributed by atoms with Crippen LogP contribution >= 0.6 is 0 Å². The topological polar surface area (TPSA) is 47.0 Å². The first-order valence-corrected chi connectivity index (χ1v) is 7.51. The highest BCUT2D eigenvalue weighted by molar-refractivity contribution is 5.46. The SMILES string of the molecule is CCc1ncnc(NCCOc2ccccc2C)c1CC. The number of anilines is 1. The number of ether oxygens (including phenoxy) is 1. The summed E-state index contributed by atoms with van der Waals surface area (Å²) >= 11 is 0. The molecule has 0 aliphatic rings. The molecule has 1 aromatic carbocycles. The Morgan fingerprint density at radius 2 is 1.90 bits per heavy atom. The van der Waals surface area contributed by atoms with Gasteiger partial charge in [-0.1, -0.05) is 32.0 Å². The Bertz CT molecular complexity index is 584. The third-order valence-corrected chi connectivity index (χ3v) is 3.47. The summed E-state index contributed by atoms with van der Waals surface area (Å²) < 4.78 is 5.78. The van der Waals surface area contributed by atoms with Crippen molar-refractivity contribution in [3.63, 3.8) is 0 Å². The summed E-state index contributed by atoms with van der Waals surface area (Å²) in [5.41, 5.74) is 3.48. The molecule has 4 heteroatoms. The first-order valence-electron chi connectivity index (χ1n) is 7.51. The van der Waals surface area contributed by atoms with Gasteiger partial charge in [0.2, 0.25) is 0 Å². The molecule has 0 fully saturated rings. The van der Waals surface area contributed by atoms with Gasteiger partial charge in [-0.3, -0.25) is 0 Å². The summed E-state index contributed by atoms with van der Waals surface area (Å²) in [5.74, 6) is 1.87. The number of nitrogens with zero attached hydrogens (tertiary/aromatic N) is 2. The van der Waals surface area contributed by atoms with Crippen LogP contribution in [0.25, 0.3) is 0 Å². The number of para-hydroxylation sites is 1. The summed E-state index contributed by atoms with van der Waals surface area (Å²) in [4.78, 5) is 8.68. The fourth-order valence-electron chi connectivity index (χ4n) is 2.33. The second-order valence-corrected chi connectivity index (χ2v) is 4.90. The van der Waals surface area contributed by atoms with E-state index in [-0.39, 0.29) is 0 Å². The molecule has 0 radical (unpaired) electrons. The van der Waals surface area contributed by atoms with E-state index in [4.69, 9.17) is 4.74 Å². The summed E-state index contributed by atoms with van der Waals surface area (Å²) in [5, 5.41) is 3.35. The summed E-state index contributed by atoms with van der Waals surface area (Å²) in [6.07, 6.45) is 3.49. The summed E-state index contributed by atoms with van der Waals surface area (Å²) in [6.45, 7) is 7.64. The van der Waals surface area contributed by atoms with Gasteiger partial charge in [-0.15, -0.1) is 0 Å². The van der Waals surface area contributed by atoms with E-state index >= 15 is 0 Å². The first-order chi connectivity index (χ1) is 10.3. The Hall–Kier alpha value is -2.10. The molecule has 1 heterocycles. The van der Waals surface area contributed by atoms with Crippen molar-refractivity contribution in [2.24, 2.45) is 0 Å². The number of benzene rings is 1. The third kappa shape index (κ3) is 3.94. The van der Waals surface area contributed by atoms with E-state index in [2.05, 4.69) is 42.1 Å². The monoisotopic (exact) mass is 285 g/mol. The molecule has 0 saturated heterocycles. The zero-order chi connectivity index (χ0) is 15.1. The third-order valence-electron chi connectivity index (χ3n) is 3.47. The van der Waals surface area contributed by atoms with Crippen LogP contribution < -0.4 is 10.1 Å². The van der Waals surface area contributed by atoms with Crippen molar-refractivity contribution < 1.29 is 4.74 Å². The molecular weight excluding hydrogens is 262 g/mol. The normalized spacial score (nSPS) is 10.4. The molecule has 0 saturated carbocycles. The Labute approximate surface area is 126 Å². The predicted molar refractivity (Wildman–Crippen MR) is 86.0 cm³/mol. The largest absolute Gasteiger partial charge is 0.491 e. The van der Waals surface area contributed by atoms with E-state index < -0.39 is 0 Å². The second-order valence-electron chi connectivity index (χ2n) is 4.90. The van der Waals surface area contributed by atoms with Crippen LogP contribution in [0.2, 0.25) is 0 Å². The second kappa shape index (κ2) is 7.62. The van der Waals surface area contributed by atoms with Crippen LogP contribution in [0.4, 0.5) is 5.82 Å². The lowest BCUT2D eigenvalue weighted by Gasteiger charge is -2.13. The zero-order valence-corrected chi connectivity index (χ0v) is 13.0. The molecule has 0 bridgehead atoms. The minimum absolute atomic E-state index is 0.611. The fourth-order valence-corrected chi connectivity index (χ4v) is 2.33. The van der Waals surface area contributed by atoms with Gasteiger partial charge in [-0.2, -0.15) is 0 Å². The van der Waals surface area contributed by atoms with E-state index in [1.807, 2.05) is 18.2 Å². The number of nitrogens with one attached hydrogen (secondary N) is 1. The van der Waals surface area contributed by atoms with Gasteiger partial charge in [-0.05, 0) is 31.4 Å². The minimum atomic E-state index is 0.611. The van der Waals surface area contributed by atoms with Crippen molar-refractivity contribution in [2.45, 2.75) is 33.6 Å². The van der Waals surface area contributed by atoms with Crippen LogP contribution in [0.5, 0.6) is 5.75 Å². The van der Waals surface area contributed by atoms with Crippen molar-refractivity contribution in [3.05, 3.63) is 47.4 Å². The standard InChI is InChI=1S/C17H23N3O/c1-4-14-15(5-2)19-12-20-17(14)18-10-11-21-16-9-7-6-8-13(16)3/h6-9,12H,4-5,10-11H2,1-3H3,(H,18,19,20). The lowest BCUT2D eigenvalue weighted by Crippen LogP contribution is -2.15. The molecule has 2 rings (SSSR count). The van der Waals surface area contributed by atoms with E-state index in [0.717, 1.165) is 42.2 Å². The van der Waals surface area contributed by atoms with Gasteiger partial charge in [0.25, 0.3) is 0 Å². The van der Waals surface area contributed by atoms with Crippen LogP contribution in [-0.4, -0.2) is 23.1 Å². The molecule has 21 heavy (non-hydrogen) atoms. The number of aromatic nitrogens is 2. The van der Waals surface area contributed by atoms with Crippen LogP contribution in [0.3, 0.4) is 0 Å². The highest BCUT2D eigenvalue weighted by Crippen LogP contribution is 2.17. The zero-order valence-electron chi connectivity index (χ0n) is 13.0. The Balaban J connectivity index is 1.91. The molecule has 0 spiro atoms. The number of aryl methyl sites for hydroxylation is 2. The van der Waals surface area contributed by atoms with Gasteiger partial charge < -0.3 is 10.1 Å². The molecule has 0 atom stereocenters. The summed E-state index contributed by atoms with van der Waals surface area (Å²) in [6, 6.07) is 8.05. The minimum Gasteiger partial charge on any atom is -0.491 e. The van der Waals surface area contributed by atoms with E-state index in [1.54, 1.807) is 6.33 Å². The lowest BCUT2D eigenvalue weighted by atomic mass is 10.1. The maximum Gasteiger partial charge on any atom is 0.132 e. The molecule has 112 valence electrons. The molecule has 2 aromatic rings. The van der Waals surface area contributed by atoms with Crippen LogP contribution in [0.15, 0.2) is 30.6 Å². The van der Waals surface area contributed by atoms with Crippen LogP contribution in [-0.2, 0) is 12.8 Å². The number of hydrogen-bond acceptors (Lipinski definition) is 4. The maximum atomic E-state index is 5.78. The lowest BCUT2D eigenvalue weighted by molar-refractivity contribution is 0.330. The van der Waals surface area contributed by atoms with Crippen LogP contribution in [0.1, 0.15) is 30.7 Å². The average molecular weight is 285 g/mol. The molecule has 1 aromatic heterocycles. The van der Waals surface area contributed by atoms with Gasteiger partial charge in [0.1, 0.15) is 24.5 Å². The Kier molecular flexibility index (Phi) is 5.55. The quantitative estimate of drug-likeness (QED) is 0.792. The van der Waals surface area contributed by atoms with Gasteiger partial charge in [0, 0.05) is 11.3 Å². The highest BCUT2D eigenvalue weighted by atomic mass is 16.5. The van der Waals surface area contributed by atoms with Crippen molar-refractivity contribution >= 4 is 5.82 Å². The van der Waals surface area contributed by atoms with E-state index in [1.165, 1.54) is 5.56 Å². The molecule has 0 aliphatic carbocycles. The Morgan fingerprint density at radius 3 is 2.62 bits per heavy atom. The molecule has 0 unspecified atom stereocenters. The molecule has 0 aliphatic heterocycles. The van der Waals surface area contributed by atoms with E-state index in [9.17, 15) is 0 Å². The molecule has 0 amide bonds. The predicted octanol–water partition coefficient (Wildman–Crippen LogP) is 3.40.